The van der Waals surface area contributed by atoms with Gasteiger partial charge < -0.3 is 16.2 Å². The fourth-order valence-electron chi connectivity index (χ4n) is 1.01. The molecule has 1 amide bonds. The highest BCUT2D eigenvalue weighted by Crippen LogP contribution is 2.19. The van der Waals surface area contributed by atoms with Gasteiger partial charge in [-0.1, -0.05) is 6.92 Å². The molecule has 0 aliphatic rings. The Hall–Kier alpha value is -1.10. The topological polar surface area (TPSA) is 92.4 Å². The van der Waals surface area contributed by atoms with Crippen molar-refractivity contribution in [2.24, 2.45) is 11.1 Å². The number of amides is 1. The lowest BCUT2D eigenvalue weighted by atomic mass is 9.87. The molecule has 0 rings (SSSR count). The van der Waals surface area contributed by atoms with Crippen LogP contribution in [0.25, 0.3) is 0 Å². The summed E-state index contributed by atoms with van der Waals surface area (Å²) in [4.78, 5) is 22.2. The lowest BCUT2D eigenvalue weighted by Crippen LogP contribution is -2.41. The van der Waals surface area contributed by atoms with Crippen LogP contribution in [0.3, 0.4) is 0 Å². The highest BCUT2D eigenvalue weighted by atomic mass is 16.4. The first-order chi connectivity index (χ1) is 6.81. The Morgan fingerprint density at radius 3 is 2.40 bits per heavy atom. The summed E-state index contributed by atoms with van der Waals surface area (Å²) in [5, 5.41) is 11.5. The van der Waals surface area contributed by atoms with Gasteiger partial charge in [0.2, 0.25) is 5.91 Å². The lowest BCUT2D eigenvalue weighted by molar-refractivity contribution is -0.148. The van der Waals surface area contributed by atoms with Gasteiger partial charge in [-0.05, 0) is 20.3 Å². The van der Waals surface area contributed by atoms with E-state index in [4.69, 9.17) is 10.8 Å². The number of hydrogen-bond donors (Lipinski definition) is 3. The van der Waals surface area contributed by atoms with Crippen molar-refractivity contribution in [2.45, 2.75) is 39.7 Å². The first kappa shape index (κ1) is 13.9. The molecule has 0 heterocycles. The van der Waals surface area contributed by atoms with Crippen LogP contribution in [0.4, 0.5) is 0 Å². The van der Waals surface area contributed by atoms with Gasteiger partial charge in [-0.3, -0.25) is 9.59 Å². The zero-order chi connectivity index (χ0) is 12.1. The molecule has 5 nitrogen and oxygen atoms in total. The monoisotopic (exact) mass is 216 g/mol. The molecule has 0 aromatic carbocycles. The van der Waals surface area contributed by atoms with E-state index >= 15 is 0 Å². The molecular weight excluding hydrogens is 196 g/mol. The molecule has 0 bridgehead atoms. The van der Waals surface area contributed by atoms with Crippen molar-refractivity contribution in [3.05, 3.63) is 0 Å². The summed E-state index contributed by atoms with van der Waals surface area (Å²) in [6.07, 6.45) is 0.695. The van der Waals surface area contributed by atoms with Crippen LogP contribution < -0.4 is 11.1 Å². The minimum atomic E-state index is -0.897. The number of aliphatic carboxylic acids is 1. The summed E-state index contributed by atoms with van der Waals surface area (Å²) in [6.45, 7) is 5.27. The minimum Gasteiger partial charge on any atom is -0.481 e. The molecule has 0 spiro atoms. The normalized spacial score (nSPS) is 16.5. The van der Waals surface area contributed by atoms with E-state index in [1.807, 2.05) is 0 Å². The van der Waals surface area contributed by atoms with E-state index < -0.39 is 11.4 Å². The summed E-state index contributed by atoms with van der Waals surface area (Å²) in [7, 11) is 0. The first-order valence-electron chi connectivity index (χ1n) is 5.07. The Bertz CT molecular complexity index is 241. The summed E-state index contributed by atoms with van der Waals surface area (Å²) in [5.41, 5.74) is 4.55. The first-order valence-corrected chi connectivity index (χ1v) is 5.07. The standard InChI is InChI=1S/C10H20N2O3/c1-4-10(3,9(14)15)6-12-8(13)5-7(2)11/h7H,4-6,11H2,1-3H3,(H,12,13)(H,14,15). The summed E-state index contributed by atoms with van der Waals surface area (Å²) in [5.74, 6) is -1.10. The summed E-state index contributed by atoms with van der Waals surface area (Å²) >= 11 is 0. The van der Waals surface area contributed by atoms with Gasteiger partial charge in [0.25, 0.3) is 0 Å². The molecule has 4 N–H and O–H groups in total. The molecule has 88 valence electrons. The fourth-order valence-corrected chi connectivity index (χ4v) is 1.01. The van der Waals surface area contributed by atoms with Crippen molar-refractivity contribution in [3.63, 3.8) is 0 Å². The molecule has 0 aliphatic carbocycles. The van der Waals surface area contributed by atoms with E-state index in [1.165, 1.54) is 0 Å². The Morgan fingerprint density at radius 2 is 2.07 bits per heavy atom. The highest BCUT2D eigenvalue weighted by Gasteiger charge is 2.31. The molecule has 2 atom stereocenters. The van der Waals surface area contributed by atoms with Crippen LogP contribution in [0.5, 0.6) is 0 Å². The van der Waals surface area contributed by atoms with Gasteiger partial charge >= 0.3 is 5.97 Å². The third-order valence-electron chi connectivity index (χ3n) is 2.48. The van der Waals surface area contributed by atoms with Crippen LogP contribution in [-0.2, 0) is 9.59 Å². The maximum Gasteiger partial charge on any atom is 0.311 e. The molecule has 0 saturated carbocycles. The average Bonchev–Trinajstić information content (AvgIpc) is 2.12. The Kier molecular flexibility index (Phi) is 5.28. The Labute approximate surface area is 90.0 Å². The molecule has 0 aromatic rings. The van der Waals surface area contributed by atoms with Crippen LogP contribution in [0.2, 0.25) is 0 Å². The molecule has 0 aromatic heterocycles. The number of hydrogen-bond acceptors (Lipinski definition) is 3. The largest absolute Gasteiger partial charge is 0.481 e. The van der Waals surface area contributed by atoms with E-state index in [0.717, 1.165) is 0 Å². The molecular formula is C10H20N2O3. The van der Waals surface area contributed by atoms with E-state index in [-0.39, 0.29) is 24.9 Å². The molecule has 0 saturated heterocycles. The van der Waals surface area contributed by atoms with Gasteiger partial charge in [0.15, 0.2) is 0 Å². The van der Waals surface area contributed by atoms with Crippen LogP contribution in [0.1, 0.15) is 33.6 Å². The summed E-state index contributed by atoms with van der Waals surface area (Å²) in [6, 6.07) is -0.206. The van der Waals surface area contributed by atoms with Gasteiger partial charge in [0, 0.05) is 19.0 Å². The van der Waals surface area contributed by atoms with Crippen molar-refractivity contribution in [3.8, 4) is 0 Å². The number of nitrogens with two attached hydrogens (primary N) is 1. The van der Waals surface area contributed by atoms with E-state index in [2.05, 4.69) is 5.32 Å². The zero-order valence-electron chi connectivity index (χ0n) is 9.54. The number of rotatable bonds is 6. The third kappa shape index (κ3) is 4.78. The number of carbonyl (C=O) groups is 2. The second-order valence-electron chi connectivity index (χ2n) is 4.18. The molecule has 2 unspecified atom stereocenters. The molecule has 0 aliphatic heterocycles. The molecule has 0 radical (unpaired) electrons. The van der Waals surface area contributed by atoms with Gasteiger partial charge in [0.1, 0.15) is 0 Å². The minimum absolute atomic E-state index is 0.143. The van der Waals surface area contributed by atoms with Gasteiger partial charge in [-0.2, -0.15) is 0 Å². The van der Waals surface area contributed by atoms with Crippen molar-refractivity contribution in [1.29, 1.82) is 0 Å². The van der Waals surface area contributed by atoms with Gasteiger partial charge in [0.05, 0.1) is 5.41 Å². The van der Waals surface area contributed by atoms with Gasteiger partial charge in [-0.25, -0.2) is 0 Å². The maximum absolute atomic E-state index is 11.3. The van der Waals surface area contributed by atoms with Crippen molar-refractivity contribution in [2.75, 3.05) is 6.54 Å². The van der Waals surface area contributed by atoms with Crippen LogP contribution in [0.15, 0.2) is 0 Å². The zero-order valence-corrected chi connectivity index (χ0v) is 9.54. The summed E-state index contributed by atoms with van der Waals surface area (Å²) < 4.78 is 0. The van der Waals surface area contributed by atoms with Crippen LogP contribution in [0, 0.1) is 5.41 Å². The van der Waals surface area contributed by atoms with E-state index in [9.17, 15) is 9.59 Å². The smallest absolute Gasteiger partial charge is 0.311 e. The second kappa shape index (κ2) is 5.70. The van der Waals surface area contributed by atoms with Crippen LogP contribution >= 0.6 is 0 Å². The second-order valence-corrected chi connectivity index (χ2v) is 4.18. The average molecular weight is 216 g/mol. The van der Waals surface area contributed by atoms with Crippen molar-refractivity contribution >= 4 is 11.9 Å². The molecule has 0 fully saturated rings. The van der Waals surface area contributed by atoms with Crippen molar-refractivity contribution < 1.29 is 14.7 Å². The number of carboxylic acids is 1. The highest BCUT2D eigenvalue weighted by molar-refractivity contribution is 5.79. The van der Waals surface area contributed by atoms with Crippen molar-refractivity contribution in [1.82, 2.24) is 5.32 Å². The number of carbonyl (C=O) groups excluding carboxylic acids is 1. The van der Waals surface area contributed by atoms with E-state index in [1.54, 1.807) is 20.8 Å². The Balaban J connectivity index is 4.12. The van der Waals surface area contributed by atoms with E-state index in [0.29, 0.717) is 6.42 Å². The predicted molar refractivity (Wildman–Crippen MR) is 57.3 cm³/mol. The molecule has 5 heteroatoms. The fraction of sp³-hybridized carbons (Fsp3) is 0.800. The number of carboxylic acid groups (broad SMARTS) is 1. The van der Waals surface area contributed by atoms with Gasteiger partial charge in [-0.15, -0.1) is 0 Å². The quantitative estimate of drug-likeness (QED) is 0.597. The van der Waals surface area contributed by atoms with Crippen LogP contribution in [-0.4, -0.2) is 29.6 Å². The Morgan fingerprint density at radius 1 is 1.53 bits per heavy atom. The maximum atomic E-state index is 11.3. The third-order valence-corrected chi connectivity index (χ3v) is 2.48. The SMILES string of the molecule is CCC(C)(CNC(=O)CC(C)N)C(=O)O. The lowest BCUT2D eigenvalue weighted by Gasteiger charge is -2.23. The molecule has 15 heavy (non-hydrogen) atoms. The predicted octanol–water partition coefficient (Wildman–Crippen LogP) is 0.341. The number of nitrogens with one attached hydrogen (secondary N) is 1.